The molecule has 1 aliphatic carbocycles. The van der Waals surface area contributed by atoms with E-state index in [1.165, 1.54) is 18.4 Å². The second-order valence-corrected chi connectivity index (χ2v) is 5.56. The van der Waals surface area contributed by atoms with Gasteiger partial charge < -0.3 is 10.3 Å². The van der Waals surface area contributed by atoms with Gasteiger partial charge >= 0.3 is 0 Å². The molecule has 0 bridgehead atoms. The van der Waals surface area contributed by atoms with Crippen molar-refractivity contribution in [2.75, 3.05) is 0 Å². The summed E-state index contributed by atoms with van der Waals surface area (Å²) in [5.74, 6) is 1.93. The van der Waals surface area contributed by atoms with Gasteiger partial charge in [0.1, 0.15) is 11.6 Å². The SMILES string of the molecule is NCc1nnc(Cc2cccc(Br)c2)n1C1CC1. The third kappa shape index (κ3) is 2.33. The molecule has 0 spiro atoms. The third-order valence-electron chi connectivity index (χ3n) is 3.18. The summed E-state index contributed by atoms with van der Waals surface area (Å²) in [7, 11) is 0. The Bertz CT molecular complexity index is 560. The summed E-state index contributed by atoms with van der Waals surface area (Å²) in [6.45, 7) is 0.460. The first-order valence-electron chi connectivity index (χ1n) is 6.15. The zero-order valence-corrected chi connectivity index (χ0v) is 11.6. The minimum Gasteiger partial charge on any atom is -0.324 e. The van der Waals surface area contributed by atoms with Crippen LogP contribution in [0.25, 0.3) is 0 Å². The molecule has 0 amide bonds. The highest BCUT2D eigenvalue weighted by Crippen LogP contribution is 2.36. The Hall–Kier alpha value is -1.20. The number of hydrogen-bond donors (Lipinski definition) is 1. The molecule has 18 heavy (non-hydrogen) atoms. The maximum Gasteiger partial charge on any atom is 0.147 e. The zero-order chi connectivity index (χ0) is 12.5. The monoisotopic (exact) mass is 306 g/mol. The van der Waals surface area contributed by atoms with Gasteiger partial charge in [0.15, 0.2) is 0 Å². The molecule has 1 aromatic carbocycles. The van der Waals surface area contributed by atoms with Gasteiger partial charge in [0, 0.05) is 16.9 Å². The molecule has 4 nitrogen and oxygen atoms in total. The highest BCUT2D eigenvalue weighted by molar-refractivity contribution is 9.10. The van der Waals surface area contributed by atoms with Crippen LogP contribution in [0.4, 0.5) is 0 Å². The Balaban J connectivity index is 1.90. The highest BCUT2D eigenvalue weighted by atomic mass is 79.9. The van der Waals surface area contributed by atoms with E-state index in [0.29, 0.717) is 12.6 Å². The van der Waals surface area contributed by atoms with Crippen LogP contribution in [-0.2, 0) is 13.0 Å². The van der Waals surface area contributed by atoms with Crippen molar-refractivity contribution in [3.8, 4) is 0 Å². The number of benzene rings is 1. The molecule has 0 saturated heterocycles. The van der Waals surface area contributed by atoms with Crippen LogP contribution in [0.3, 0.4) is 0 Å². The molecule has 94 valence electrons. The molecule has 0 aliphatic heterocycles. The van der Waals surface area contributed by atoms with Gasteiger partial charge in [0.05, 0.1) is 6.54 Å². The largest absolute Gasteiger partial charge is 0.324 e. The molecule has 2 aromatic rings. The van der Waals surface area contributed by atoms with Crippen molar-refractivity contribution in [2.45, 2.75) is 31.8 Å². The van der Waals surface area contributed by atoms with Crippen LogP contribution in [-0.4, -0.2) is 14.8 Å². The van der Waals surface area contributed by atoms with E-state index in [1.54, 1.807) is 0 Å². The summed E-state index contributed by atoms with van der Waals surface area (Å²) in [5, 5.41) is 8.48. The standard InChI is InChI=1S/C13H15BrN4/c14-10-3-1-2-9(6-10)7-12-16-17-13(8-15)18(12)11-4-5-11/h1-3,6,11H,4-5,7-8,15H2. The minimum atomic E-state index is 0.460. The topological polar surface area (TPSA) is 56.7 Å². The van der Waals surface area contributed by atoms with Gasteiger partial charge in [0.2, 0.25) is 0 Å². The van der Waals surface area contributed by atoms with Crippen molar-refractivity contribution in [3.63, 3.8) is 0 Å². The Kier molecular flexibility index (Phi) is 3.18. The molecule has 0 radical (unpaired) electrons. The van der Waals surface area contributed by atoms with Gasteiger partial charge in [-0.2, -0.15) is 0 Å². The van der Waals surface area contributed by atoms with E-state index in [9.17, 15) is 0 Å². The fourth-order valence-electron chi connectivity index (χ4n) is 2.20. The van der Waals surface area contributed by atoms with Crippen LogP contribution in [0, 0.1) is 0 Å². The molecular formula is C13H15BrN4. The van der Waals surface area contributed by atoms with E-state index in [4.69, 9.17) is 5.73 Å². The average Bonchev–Trinajstić information content (AvgIpc) is 3.11. The molecule has 1 heterocycles. The maximum absolute atomic E-state index is 5.72. The molecule has 2 N–H and O–H groups in total. The zero-order valence-electron chi connectivity index (χ0n) is 10.0. The summed E-state index contributed by atoms with van der Waals surface area (Å²) < 4.78 is 3.32. The van der Waals surface area contributed by atoms with Crippen molar-refractivity contribution >= 4 is 15.9 Å². The van der Waals surface area contributed by atoms with Crippen molar-refractivity contribution in [3.05, 3.63) is 46.0 Å². The van der Waals surface area contributed by atoms with Crippen LogP contribution in [0.15, 0.2) is 28.7 Å². The van der Waals surface area contributed by atoms with Crippen molar-refractivity contribution in [2.24, 2.45) is 5.73 Å². The summed E-state index contributed by atoms with van der Waals surface area (Å²) in [5.41, 5.74) is 6.95. The van der Waals surface area contributed by atoms with Crippen molar-refractivity contribution in [1.82, 2.24) is 14.8 Å². The Labute approximate surface area is 114 Å². The number of nitrogens with two attached hydrogens (primary N) is 1. The van der Waals surface area contributed by atoms with E-state index in [0.717, 1.165) is 22.5 Å². The van der Waals surface area contributed by atoms with Gasteiger partial charge in [-0.1, -0.05) is 28.1 Å². The first kappa shape index (κ1) is 11.9. The van der Waals surface area contributed by atoms with Crippen LogP contribution >= 0.6 is 15.9 Å². The molecule has 1 aliphatic rings. The van der Waals surface area contributed by atoms with Gasteiger partial charge in [0.25, 0.3) is 0 Å². The number of halogens is 1. The van der Waals surface area contributed by atoms with Gasteiger partial charge in [-0.3, -0.25) is 0 Å². The lowest BCUT2D eigenvalue weighted by atomic mass is 10.1. The van der Waals surface area contributed by atoms with E-state index in [-0.39, 0.29) is 0 Å². The van der Waals surface area contributed by atoms with Crippen molar-refractivity contribution in [1.29, 1.82) is 0 Å². The molecule has 0 unspecified atom stereocenters. The normalized spacial score (nSPS) is 15.0. The highest BCUT2D eigenvalue weighted by Gasteiger charge is 2.28. The van der Waals surface area contributed by atoms with Crippen molar-refractivity contribution < 1.29 is 0 Å². The number of rotatable bonds is 4. The second kappa shape index (κ2) is 4.82. The number of nitrogens with zero attached hydrogens (tertiary/aromatic N) is 3. The fraction of sp³-hybridized carbons (Fsp3) is 0.385. The summed E-state index contributed by atoms with van der Waals surface area (Å²) in [6, 6.07) is 8.87. The maximum atomic E-state index is 5.72. The molecular weight excluding hydrogens is 292 g/mol. The van der Waals surface area contributed by atoms with E-state index in [1.807, 2.05) is 12.1 Å². The quantitative estimate of drug-likeness (QED) is 0.944. The molecule has 1 saturated carbocycles. The molecule has 3 rings (SSSR count). The lowest BCUT2D eigenvalue weighted by Gasteiger charge is -2.08. The molecule has 1 aromatic heterocycles. The Morgan fingerprint density at radius 1 is 1.28 bits per heavy atom. The molecule has 5 heteroatoms. The third-order valence-corrected chi connectivity index (χ3v) is 3.68. The number of aromatic nitrogens is 3. The average molecular weight is 307 g/mol. The molecule has 0 atom stereocenters. The smallest absolute Gasteiger partial charge is 0.147 e. The van der Waals surface area contributed by atoms with Gasteiger partial charge in [-0.25, -0.2) is 0 Å². The summed E-state index contributed by atoms with van der Waals surface area (Å²) in [4.78, 5) is 0. The second-order valence-electron chi connectivity index (χ2n) is 4.64. The van der Waals surface area contributed by atoms with Gasteiger partial charge in [-0.05, 0) is 30.5 Å². The first-order chi connectivity index (χ1) is 8.78. The number of hydrogen-bond acceptors (Lipinski definition) is 3. The van der Waals surface area contributed by atoms with Crippen LogP contribution in [0.1, 0.15) is 36.1 Å². The van der Waals surface area contributed by atoms with Crippen LogP contribution in [0.5, 0.6) is 0 Å². The lowest BCUT2D eigenvalue weighted by molar-refractivity contribution is 0.652. The van der Waals surface area contributed by atoms with Crippen LogP contribution < -0.4 is 5.73 Å². The predicted octanol–water partition coefficient (Wildman–Crippen LogP) is 2.43. The van der Waals surface area contributed by atoms with E-state index >= 15 is 0 Å². The Morgan fingerprint density at radius 3 is 2.72 bits per heavy atom. The van der Waals surface area contributed by atoms with Crippen LogP contribution in [0.2, 0.25) is 0 Å². The first-order valence-corrected chi connectivity index (χ1v) is 6.94. The fourth-order valence-corrected chi connectivity index (χ4v) is 2.65. The summed E-state index contributed by atoms with van der Waals surface area (Å²) in [6.07, 6.45) is 3.25. The minimum absolute atomic E-state index is 0.460. The van der Waals surface area contributed by atoms with E-state index < -0.39 is 0 Å². The van der Waals surface area contributed by atoms with E-state index in [2.05, 4.69) is 42.8 Å². The van der Waals surface area contributed by atoms with Gasteiger partial charge in [-0.15, -0.1) is 10.2 Å². The summed E-state index contributed by atoms with van der Waals surface area (Å²) >= 11 is 3.49. The molecule has 1 fully saturated rings. The predicted molar refractivity (Wildman–Crippen MR) is 73.1 cm³/mol. The lowest BCUT2D eigenvalue weighted by Crippen LogP contribution is -2.10. The Morgan fingerprint density at radius 2 is 2.06 bits per heavy atom.